The second-order valence-corrected chi connectivity index (χ2v) is 3.15. The zero-order chi connectivity index (χ0) is 12.2. The Kier molecular flexibility index (Phi) is 4.14. The number of aliphatic hydroxyl groups is 1. The van der Waals surface area contributed by atoms with Crippen LogP contribution >= 0.6 is 0 Å². The van der Waals surface area contributed by atoms with E-state index in [1.165, 1.54) is 18.2 Å². The van der Waals surface area contributed by atoms with Crippen LogP contribution in [-0.2, 0) is 6.61 Å². The molecule has 1 rings (SSSR count). The van der Waals surface area contributed by atoms with Gasteiger partial charge in [0, 0.05) is 12.1 Å². The van der Waals surface area contributed by atoms with Crippen LogP contribution < -0.4 is 10.5 Å². The van der Waals surface area contributed by atoms with Crippen LogP contribution in [0.1, 0.15) is 5.56 Å². The zero-order valence-corrected chi connectivity index (χ0v) is 8.37. The lowest BCUT2D eigenvalue weighted by atomic mass is 10.2. The molecule has 0 saturated heterocycles. The molecule has 1 aromatic carbocycles. The molecular weight excluding hydrogens is 223 g/mol. The maximum atomic E-state index is 12.4. The normalized spacial score (nSPS) is 13.6. The Labute approximate surface area is 90.6 Å². The number of ether oxygens (including phenoxy) is 1. The minimum atomic E-state index is -4.52. The van der Waals surface area contributed by atoms with Gasteiger partial charge in [0.25, 0.3) is 0 Å². The molecule has 0 saturated carbocycles. The number of para-hydroxylation sites is 1. The molecule has 0 radical (unpaired) electrons. The van der Waals surface area contributed by atoms with Crippen molar-refractivity contribution in [2.75, 3.05) is 6.54 Å². The standard InChI is InChI=1S/C10H12F3NO2/c11-10(12,13)9(5-14)16-8-4-2-1-3-7(8)6-15/h1-4,9,15H,5-6,14H2. The number of aliphatic hydroxyl groups excluding tert-OH is 1. The highest BCUT2D eigenvalue weighted by atomic mass is 19.4. The van der Waals surface area contributed by atoms with Gasteiger partial charge in [0.2, 0.25) is 6.10 Å². The van der Waals surface area contributed by atoms with Crippen LogP contribution in [0.4, 0.5) is 13.2 Å². The van der Waals surface area contributed by atoms with Crippen molar-refractivity contribution in [3.05, 3.63) is 29.8 Å². The number of nitrogens with two attached hydrogens (primary N) is 1. The molecule has 0 fully saturated rings. The summed E-state index contributed by atoms with van der Waals surface area (Å²) in [6, 6.07) is 5.97. The van der Waals surface area contributed by atoms with Gasteiger partial charge in [-0.25, -0.2) is 0 Å². The van der Waals surface area contributed by atoms with Crippen molar-refractivity contribution < 1.29 is 23.0 Å². The summed E-state index contributed by atoms with van der Waals surface area (Å²) in [4.78, 5) is 0. The molecule has 0 aliphatic carbocycles. The van der Waals surface area contributed by atoms with Crippen molar-refractivity contribution in [3.8, 4) is 5.75 Å². The van der Waals surface area contributed by atoms with E-state index < -0.39 is 18.8 Å². The van der Waals surface area contributed by atoms with Crippen LogP contribution in [0, 0.1) is 0 Å². The van der Waals surface area contributed by atoms with E-state index in [2.05, 4.69) is 0 Å². The Hall–Kier alpha value is -1.27. The molecule has 0 aromatic heterocycles. The summed E-state index contributed by atoms with van der Waals surface area (Å²) >= 11 is 0. The molecule has 0 aliphatic rings. The van der Waals surface area contributed by atoms with E-state index in [-0.39, 0.29) is 12.4 Å². The Morgan fingerprint density at radius 3 is 2.44 bits per heavy atom. The quantitative estimate of drug-likeness (QED) is 0.830. The summed E-state index contributed by atoms with van der Waals surface area (Å²) in [5.74, 6) is -0.00206. The summed E-state index contributed by atoms with van der Waals surface area (Å²) < 4.78 is 41.9. The van der Waals surface area contributed by atoms with Crippen LogP contribution in [0.2, 0.25) is 0 Å². The Bertz CT molecular complexity index is 341. The highest BCUT2D eigenvalue weighted by Crippen LogP contribution is 2.26. The largest absolute Gasteiger partial charge is 0.479 e. The molecule has 1 atom stereocenters. The molecular formula is C10H12F3NO2. The van der Waals surface area contributed by atoms with Crippen LogP contribution in [0.3, 0.4) is 0 Å². The predicted molar refractivity (Wildman–Crippen MR) is 51.9 cm³/mol. The summed E-state index contributed by atoms with van der Waals surface area (Å²) in [5, 5.41) is 8.91. The fourth-order valence-corrected chi connectivity index (χ4v) is 1.15. The van der Waals surface area contributed by atoms with Gasteiger partial charge in [-0.15, -0.1) is 0 Å². The Morgan fingerprint density at radius 1 is 1.31 bits per heavy atom. The molecule has 90 valence electrons. The number of hydrogen-bond donors (Lipinski definition) is 2. The third kappa shape index (κ3) is 3.11. The van der Waals surface area contributed by atoms with Crippen molar-refractivity contribution in [1.29, 1.82) is 0 Å². The highest BCUT2D eigenvalue weighted by Gasteiger charge is 2.41. The molecule has 3 nitrogen and oxygen atoms in total. The van der Waals surface area contributed by atoms with Gasteiger partial charge >= 0.3 is 6.18 Å². The van der Waals surface area contributed by atoms with Crippen LogP contribution in [-0.4, -0.2) is 23.9 Å². The molecule has 0 aliphatic heterocycles. The minimum absolute atomic E-state index is 0.00206. The zero-order valence-electron chi connectivity index (χ0n) is 8.37. The van der Waals surface area contributed by atoms with Gasteiger partial charge in [-0.3, -0.25) is 0 Å². The van der Waals surface area contributed by atoms with Gasteiger partial charge in [0.15, 0.2) is 0 Å². The molecule has 3 N–H and O–H groups in total. The van der Waals surface area contributed by atoms with E-state index in [1.807, 2.05) is 0 Å². The average molecular weight is 235 g/mol. The number of hydrogen-bond acceptors (Lipinski definition) is 3. The van der Waals surface area contributed by atoms with E-state index >= 15 is 0 Å². The molecule has 0 bridgehead atoms. The number of benzene rings is 1. The summed E-state index contributed by atoms with van der Waals surface area (Å²) in [6.45, 7) is -1.05. The second-order valence-electron chi connectivity index (χ2n) is 3.15. The molecule has 0 heterocycles. The third-order valence-corrected chi connectivity index (χ3v) is 1.99. The van der Waals surface area contributed by atoms with Crippen molar-refractivity contribution in [2.24, 2.45) is 5.73 Å². The Balaban J connectivity index is 2.86. The smallest absolute Gasteiger partial charge is 0.426 e. The number of alkyl halides is 3. The first-order valence-electron chi connectivity index (χ1n) is 4.61. The van der Waals surface area contributed by atoms with Gasteiger partial charge in [-0.1, -0.05) is 18.2 Å². The van der Waals surface area contributed by atoms with Crippen molar-refractivity contribution in [1.82, 2.24) is 0 Å². The van der Waals surface area contributed by atoms with Crippen molar-refractivity contribution >= 4 is 0 Å². The van der Waals surface area contributed by atoms with Gasteiger partial charge in [-0.2, -0.15) is 13.2 Å². The predicted octanol–water partition coefficient (Wildman–Crippen LogP) is 1.45. The van der Waals surface area contributed by atoms with Gasteiger partial charge < -0.3 is 15.6 Å². The third-order valence-electron chi connectivity index (χ3n) is 1.99. The summed E-state index contributed by atoms with van der Waals surface area (Å²) in [7, 11) is 0. The van der Waals surface area contributed by atoms with Gasteiger partial charge in [0.1, 0.15) is 5.75 Å². The molecule has 0 spiro atoms. The van der Waals surface area contributed by atoms with Crippen LogP contribution in [0.15, 0.2) is 24.3 Å². The lowest BCUT2D eigenvalue weighted by Gasteiger charge is -2.21. The van der Waals surface area contributed by atoms with E-state index in [0.29, 0.717) is 5.56 Å². The monoisotopic (exact) mass is 235 g/mol. The maximum Gasteiger partial charge on any atom is 0.426 e. The fraction of sp³-hybridized carbons (Fsp3) is 0.400. The minimum Gasteiger partial charge on any atom is -0.479 e. The van der Waals surface area contributed by atoms with Crippen LogP contribution in [0.5, 0.6) is 5.75 Å². The first kappa shape index (κ1) is 12.8. The second kappa shape index (κ2) is 5.18. The van der Waals surface area contributed by atoms with E-state index in [4.69, 9.17) is 15.6 Å². The SMILES string of the molecule is NCC(Oc1ccccc1CO)C(F)(F)F. The topological polar surface area (TPSA) is 55.5 Å². The molecule has 1 aromatic rings. The summed E-state index contributed by atoms with van der Waals surface area (Å²) in [5.41, 5.74) is 5.29. The first-order chi connectivity index (χ1) is 7.49. The van der Waals surface area contributed by atoms with Crippen molar-refractivity contribution in [2.45, 2.75) is 18.9 Å². The lowest BCUT2D eigenvalue weighted by Crippen LogP contribution is -2.40. The Morgan fingerprint density at radius 2 is 1.94 bits per heavy atom. The molecule has 0 amide bonds. The number of halogens is 3. The fourth-order valence-electron chi connectivity index (χ4n) is 1.15. The van der Waals surface area contributed by atoms with Gasteiger partial charge in [0.05, 0.1) is 6.61 Å². The molecule has 16 heavy (non-hydrogen) atoms. The maximum absolute atomic E-state index is 12.4. The first-order valence-corrected chi connectivity index (χ1v) is 4.61. The van der Waals surface area contributed by atoms with E-state index in [1.54, 1.807) is 6.07 Å². The lowest BCUT2D eigenvalue weighted by molar-refractivity contribution is -0.191. The van der Waals surface area contributed by atoms with Gasteiger partial charge in [-0.05, 0) is 6.07 Å². The average Bonchev–Trinajstić information content (AvgIpc) is 2.24. The highest BCUT2D eigenvalue weighted by molar-refractivity contribution is 5.32. The van der Waals surface area contributed by atoms with E-state index in [0.717, 1.165) is 0 Å². The molecule has 6 heteroatoms. The number of rotatable bonds is 4. The summed E-state index contributed by atoms with van der Waals surface area (Å²) in [6.07, 6.45) is -6.57. The van der Waals surface area contributed by atoms with E-state index in [9.17, 15) is 13.2 Å². The van der Waals surface area contributed by atoms with Crippen molar-refractivity contribution in [3.63, 3.8) is 0 Å². The van der Waals surface area contributed by atoms with Crippen LogP contribution in [0.25, 0.3) is 0 Å². The molecule has 1 unspecified atom stereocenters.